The van der Waals surface area contributed by atoms with Crippen molar-refractivity contribution in [1.29, 1.82) is 0 Å². The summed E-state index contributed by atoms with van der Waals surface area (Å²) >= 11 is 0. The first kappa shape index (κ1) is 19.5. The van der Waals surface area contributed by atoms with Crippen molar-refractivity contribution in [3.63, 3.8) is 0 Å². The zero-order chi connectivity index (χ0) is 21.4. The lowest BCUT2D eigenvalue weighted by molar-refractivity contribution is 0.0745. The lowest BCUT2D eigenvalue weighted by Gasteiger charge is -2.31. The first-order valence-corrected chi connectivity index (χ1v) is 10.1. The van der Waals surface area contributed by atoms with Gasteiger partial charge in [-0.25, -0.2) is 9.50 Å². The van der Waals surface area contributed by atoms with Gasteiger partial charge in [-0.3, -0.25) is 9.59 Å². The van der Waals surface area contributed by atoms with Crippen LogP contribution in [0.5, 0.6) is 0 Å². The number of anilines is 2. The van der Waals surface area contributed by atoms with Crippen LogP contribution in [-0.2, 0) is 11.3 Å². The molecule has 10 nitrogen and oxygen atoms in total. The number of nitrogens with one attached hydrogen (secondary N) is 1. The third kappa shape index (κ3) is 3.49. The van der Waals surface area contributed by atoms with E-state index >= 15 is 0 Å². The summed E-state index contributed by atoms with van der Waals surface area (Å²) in [4.78, 5) is 33.8. The summed E-state index contributed by atoms with van der Waals surface area (Å²) in [5.41, 5.74) is 3.67. The van der Waals surface area contributed by atoms with Crippen molar-refractivity contribution in [2.24, 2.45) is 0 Å². The number of nitrogens with zero attached hydrogens (tertiary/aromatic N) is 5. The van der Waals surface area contributed by atoms with Crippen LogP contribution < -0.4 is 10.2 Å². The van der Waals surface area contributed by atoms with E-state index in [1.807, 2.05) is 12.1 Å². The zero-order valence-electron chi connectivity index (χ0n) is 16.8. The fraction of sp³-hybridized carbons (Fsp3) is 0.333. The molecule has 10 heteroatoms. The molecule has 1 fully saturated rings. The normalized spacial score (nSPS) is 16.1. The molecule has 2 amide bonds. The number of amides is 2. The van der Waals surface area contributed by atoms with E-state index in [1.165, 1.54) is 6.20 Å². The molecule has 0 saturated carbocycles. The van der Waals surface area contributed by atoms with Crippen molar-refractivity contribution in [3.05, 3.63) is 53.5 Å². The summed E-state index contributed by atoms with van der Waals surface area (Å²) < 4.78 is 7.01. The van der Waals surface area contributed by atoms with E-state index in [1.54, 1.807) is 27.9 Å². The number of morpholine rings is 1. The maximum atomic E-state index is 13.1. The van der Waals surface area contributed by atoms with Gasteiger partial charge in [-0.2, -0.15) is 5.10 Å². The lowest BCUT2D eigenvalue weighted by atomic mass is 10.1. The van der Waals surface area contributed by atoms with Crippen molar-refractivity contribution in [2.75, 3.05) is 49.7 Å². The number of carbonyl (C=O) groups excluding carboxylic acids is 2. The number of ether oxygens (including phenoxy) is 1. The number of aliphatic hydroxyl groups is 1. The minimum atomic E-state index is -0.320. The second-order valence-corrected chi connectivity index (χ2v) is 7.48. The summed E-state index contributed by atoms with van der Waals surface area (Å²) in [5, 5.41) is 16.4. The van der Waals surface area contributed by atoms with Crippen LogP contribution in [0, 0.1) is 0 Å². The zero-order valence-corrected chi connectivity index (χ0v) is 16.8. The third-order valence-electron chi connectivity index (χ3n) is 5.59. The van der Waals surface area contributed by atoms with Crippen LogP contribution in [-0.4, -0.2) is 75.9 Å². The Morgan fingerprint density at radius 1 is 1.26 bits per heavy atom. The number of aliphatic hydroxyl groups excluding tert-OH is 1. The van der Waals surface area contributed by atoms with E-state index in [9.17, 15) is 14.7 Å². The molecule has 2 aliphatic rings. The summed E-state index contributed by atoms with van der Waals surface area (Å²) in [5.74, 6) is -0.428. The molecule has 1 aromatic carbocycles. The molecule has 31 heavy (non-hydrogen) atoms. The van der Waals surface area contributed by atoms with Gasteiger partial charge in [0, 0.05) is 44.1 Å². The molecule has 2 aromatic heterocycles. The summed E-state index contributed by atoms with van der Waals surface area (Å²) in [6.45, 7) is 3.06. The van der Waals surface area contributed by atoms with Gasteiger partial charge in [0.25, 0.3) is 11.8 Å². The Bertz CT molecular complexity index is 1150. The van der Waals surface area contributed by atoms with Gasteiger partial charge in [-0.05, 0) is 23.8 Å². The largest absolute Gasteiger partial charge is 0.395 e. The molecule has 160 valence electrons. The fourth-order valence-electron chi connectivity index (χ4n) is 4.06. The minimum absolute atomic E-state index is 0.0959. The van der Waals surface area contributed by atoms with Gasteiger partial charge in [-0.1, -0.05) is 0 Å². The van der Waals surface area contributed by atoms with E-state index < -0.39 is 0 Å². The highest BCUT2D eigenvalue weighted by Crippen LogP contribution is 2.35. The predicted molar refractivity (Wildman–Crippen MR) is 112 cm³/mol. The molecular weight excluding hydrogens is 400 g/mol. The van der Waals surface area contributed by atoms with Gasteiger partial charge in [0.15, 0.2) is 5.65 Å². The average Bonchev–Trinajstić information content (AvgIpc) is 3.35. The van der Waals surface area contributed by atoms with E-state index in [2.05, 4.69) is 20.3 Å². The van der Waals surface area contributed by atoms with Gasteiger partial charge in [-0.15, -0.1) is 0 Å². The Morgan fingerprint density at radius 3 is 2.90 bits per heavy atom. The SMILES string of the molecule is O=C(Nc1cc2c(cc1N1CCOCC1)C(=O)N(CCO)C2)c1cnn2cccnc12. The number of hydrogen-bond donors (Lipinski definition) is 2. The predicted octanol–water partition coefficient (Wildman–Crippen LogP) is 0.766. The molecule has 3 aromatic rings. The van der Waals surface area contributed by atoms with Crippen LogP contribution in [0.25, 0.3) is 5.65 Å². The minimum Gasteiger partial charge on any atom is -0.395 e. The van der Waals surface area contributed by atoms with E-state index in [-0.39, 0.29) is 25.0 Å². The highest BCUT2D eigenvalue weighted by Gasteiger charge is 2.30. The van der Waals surface area contributed by atoms with Crippen molar-refractivity contribution in [1.82, 2.24) is 19.5 Å². The molecule has 1 saturated heterocycles. The molecule has 0 atom stereocenters. The second-order valence-electron chi connectivity index (χ2n) is 7.48. The van der Waals surface area contributed by atoms with Gasteiger partial charge in [0.1, 0.15) is 5.56 Å². The third-order valence-corrected chi connectivity index (χ3v) is 5.59. The molecule has 0 bridgehead atoms. The number of carbonyl (C=O) groups is 2. The molecule has 5 rings (SSSR count). The first-order valence-electron chi connectivity index (χ1n) is 10.1. The number of β-amino-alcohol motifs (C(OH)–C–C–N with tert-alkyl or cyclic N) is 1. The number of fused-ring (bicyclic) bond motifs is 2. The summed E-state index contributed by atoms with van der Waals surface area (Å²) in [6.07, 6.45) is 4.84. The number of aromatic nitrogens is 3. The highest BCUT2D eigenvalue weighted by atomic mass is 16.5. The summed E-state index contributed by atoms with van der Waals surface area (Å²) in [6, 6.07) is 5.44. The average molecular weight is 422 g/mol. The molecule has 2 aliphatic heterocycles. The van der Waals surface area contributed by atoms with Crippen molar-refractivity contribution in [3.8, 4) is 0 Å². The van der Waals surface area contributed by atoms with Crippen LogP contribution in [0.3, 0.4) is 0 Å². The van der Waals surface area contributed by atoms with Gasteiger partial charge >= 0.3 is 0 Å². The second kappa shape index (κ2) is 7.97. The topological polar surface area (TPSA) is 112 Å². The molecule has 2 N–H and O–H groups in total. The number of hydrogen-bond acceptors (Lipinski definition) is 7. The van der Waals surface area contributed by atoms with E-state index in [0.717, 1.165) is 11.3 Å². The van der Waals surface area contributed by atoms with E-state index in [4.69, 9.17) is 4.74 Å². The Hall–Kier alpha value is -3.50. The van der Waals surface area contributed by atoms with Crippen molar-refractivity contribution >= 4 is 28.8 Å². The van der Waals surface area contributed by atoms with E-state index in [0.29, 0.717) is 55.3 Å². The highest BCUT2D eigenvalue weighted by molar-refractivity contribution is 6.10. The van der Waals surface area contributed by atoms with Crippen molar-refractivity contribution < 1.29 is 19.4 Å². The van der Waals surface area contributed by atoms with Gasteiger partial charge < -0.3 is 25.0 Å². The van der Waals surface area contributed by atoms with Gasteiger partial charge in [0.2, 0.25) is 0 Å². The van der Waals surface area contributed by atoms with Crippen LogP contribution in [0.4, 0.5) is 11.4 Å². The van der Waals surface area contributed by atoms with Gasteiger partial charge in [0.05, 0.1) is 37.4 Å². The molecule has 0 unspecified atom stereocenters. The lowest BCUT2D eigenvalue weighted by Crippen LogP contribution is -2.37. The monoisotopic (exact) mass is 422 g/mol. The number of benzene rings is 1. The Morgan fingerprint density at radius 2 is 2.10 bits per heavy atom. The quantitative estimate of drug-likeness (QED) is 0.624. The molecule has 4 heterocycles. The fourth-order valence-corrected chi connectivity index (χ4v) is 4.06. The Labute approximate surface area is 178 Å². The van der Waals surface area contributed by atoms with Crippen LogP contribution in [0.1, 0.15) is 26.3 Å². The maximum Gasteiger partial charge on any atom is 0.261 e. The molecule has 0 aliphatic carbocycles. The molecule has 0 radical (unpaired) electrons. The first-order chi connectivity index (χ1) is 15.2. The van der Waals surface area contributed by atoms with Crippen molar-refractivity contribution in [2.45, 2.75) is 6.54 Å². The Kier molecular flexibility index (Phi) is 5.00. The Balaban J connectivity index is 1.51. The maximum absolute atomic E-state index is 13.1. The van der Waals surface area contributed by atoms with Crippen LogP contribution >= 0.6 is 0 Å². The smallest absolute Gasteiger partial charge is 0.261 e. The molecule has 0 spiro atoms. The standard InChI is InChI=1S/C21H22N6O4/c28-7-4-26-13-14-10-17(18(11-15(14)21(26)30)25-5-8-31-9-6-25)24-20(29)16-12-23-27-3-1-2-22-19(16)27/h1-3,10-12,28H,4-9,13H2,(H,24,29). The van der Waals surface area contributed by atoms with Crippen LogP contribution in [0.15, 0.2) is 36.8 Å². The summed E-state index contributed by atoms with van der Waals surface area (Å²) in [7, 11) is 0. The molecular formula is C21H22N6O4. The van der Waals surface area contributed by atoms with Crippen LogP contribution in [0.2, 0.25) is 0 Å². The number of rotatable bonds is 5.